The van der Waals surface area contributed by atoms with Gasteiger partial charge in [-0.2, -0.15) is 0 Å². The highest BCUT2D eigenvalue weighted by Crippen LogP contribution is 2.27. The van der Waals surface area contributed by atoms with Crippen LogP contribution in [0.5, 0.6) is 0 Å². The summed E-state index contributed by atoms with van der Waals surface area (Å²) >= 11 is 5.34. The highest BCUT2D eigenvalue weighted by atomic mass is 79.9. The molecule has 0 bridgehead atoms. The number of carbonyl (C=O) groups is 1. The van der Waals surface area contributed by atoms with Gasteiger partial charge in [-0.1, -0.05) is 0 Å². The zero-order valence-corrected chi connectivity index (χ0v) is 11.8. The van der Waals surface area contributed by atoms with Crippen LogP contribution in [0.2, 0.25) is 0 Å². The second-order valence-electron chi connectivity index (χ2n) is 4.38. The molecule has 2 rings (SSSR count). The Morgan fingerprint density at radius 2 is 2.19 bits per heavy atom. The molecule has 0 spiro atoms. The molecule has 1 aromatic rings. The highest BCUT2D eigenvalue weighted by molar-refractivity contribution is 9.10. The Bertz CT molecular complexity index is 367. The zero-order chi connectivity index (χ0) is 11.5. The number of thiophene rings is 1. The van der Waals surface area contributed by atoms with Crippen LogP contribution < -0.4 is 0 Å². The van der Waals surface area contributed by atoms with Crippen molar-refractivity contribution in [2.45, 2.75) is 38.3 Å². The van der Waals surface area contributed by atoms with Crippen LogP contribution in [0, 0.1) is 0 Å². The molecule has 4 heteroatoms. The van der Waals surface area contributed by atoms with E-state index in [4.69, 9.17) is 0 Å². The van der Waals surface area contributed by atoms with Gasteiger partial charge in [-0.3, -0.25) is 9.69 Å². The van der Waals surface area contributed by atoms with Crippen molar-refractivity contribution in [3.05, 3.63) is 20.8 Å². The lowest BCUT2D eigenvalue weighted by molar-refractivity contribution is -0.121. The molecule has 0 aliphatic heterocycles. The largest absolute Gasteiger partial charge is 0.300 e. The Hall–Kier alpha value is -0.190. The number of carbonyl (C=O) groups excluding carboxylic acids is 1. The minimum absolute atomic E-state index is 0.432. The summed E-state index contributed by atoms with van der Waals surface area (Å²) in [6, 6.07) is 2.67. The van der Waals surface area contributed by atoms with Crippen LogP contribution in [0.25, 0.3) is 0 Å². The molecule has 1 aromatic heterocycles. The molecule has 0 amide bonds. The molecule has 0 saturated heterocycles. The first-order chi connectivity index (χ1) is 7.66. The van der Waals surface area contributed by atoms with Gasteiger partial charge in [0.15, 0.2) is 0 Å². The van der Waals surface area contributed by atoms with Gasteiger partial charge in [-0.25, -0.2) is 0 Å². The molecule has 88 valence electrons. The molecule has 0 unspecified atom stereocenters. The topological polar surface area (TPSA) is 20.3 Å². The second kappa shape index (κ2) is 5.43. The van der Waals surface area contributed by atoms with Gasteiger partial charge < -0.3 is 0 Å². The van der Waals surface area contributed by atoms with Crippen molar-refractivity contribution in [2.75, 3.05) is 7.05 Å². The number of rotatable bonds is 3. The molecule has 1 aliphatic carbocycles. The fourth-order valence-corrected chi connectivity index (χ4v) is 3.70. The van der Waals surface area contributed by atoms with Crippen LogP contribution in [0.1, 0.15) is 30.6 Å². The molecule has 0 atom stereocenters. The van der Waals surface area contributed by atoms with E-state index in [-0.39, 0.29) is 0 Å². The number of Topliss-reactive ketones (excluding diaryl/α,β-unsaturated/α-hetero) is 1. The smallest absolute Gasteiger partial charge is 0.133 e. The number of halogens is 1. The van der Waals surface area contributed by atoms with E-state index >= 15 is 0 Å². The molecule has 2 nitrogen and oxygen atoms in total. The molecule has 0 radical (unpaired) electrons. The maximum absolute atomic E-state index is 11.2. The summed E-state index contributed by atoms with van der Waals surface area (Å²) in [6.45, 7) is 0.983. The van der Waals surface area contributed by atoms with E-state index in [0.717, 1.165) is 32.2 Å². The monoisotopic (exact) mass is 301 g/mol. The summed E-state index contributed by atoms with van der Waals surface area (Å²) in [4.78, 5) is 14.9. The molecule has 16 heavy (non-hydrogen) atoms. The molecule has 1 heterocycles. The van der Waals surface area contributed by atoms with Crippen LogP contribution >= 0.6 is 27.3 Å². The van der Waals surface area contributed by atoms with Gasteiger partial charge in [0.05, 0.1) is 0 Å². The normalized spacial score (nSPS) is 18.3. The minimum Gasteiger partial charge on any atom is -0.300 e. The molecular weight excluding hydrogens is 286 g/mol. The third-order valence-electron chi connectivity index (χ3n) is 3.22. The zero-order valence-electron chi connectivity index (χ0n) is 9.41. The van der Waals surface area contributed by atoms with Crippen molar-refractivity contribution >= 4 is 33.0 Å². The summed E-state index contributed by atoms with van der Waals surface area (Å²) in [5, 5.41) is 2.11. The van der Waals surface area contributed by atoms with Crippen molar-refractivity contribution < 1.29 is 4.79 Å². The third-order valence-corrected chi connectivity index (χ3v) is 5.13. The number of hydrogen-bond acceptors (Lipinski definition) is 3. The van der Waals surface area contributed by atoms with Crippen LogP contribution in [0.4, 0.5) is 0 Å². The maximum atomic E-state index is 11.2. The van der Waals surface area contributed by atoms with Crippen LogP contribution in [0.3, 0.4) is 0 Å². The van der Waals surface area contributed by atoms with Gasteiger partial charge in [0, 0.05) is 34.8 Å². The average molecular weight is 302 g/mol. The summed E-state index contributed by atoms with van der Waals surface area (Å²) < 4.78 is 1.20. The Morgan fingerprint density at radius 3 is 2.75 bits per heavy atom. The highest BCUT2D eigenvalue weighted by Gasteiger charge is 2.22. The first-order valence-corrected chi connectivity index (χ1v) is 7.28. The van der Waals surface area contributed by atoms with E-state index in [9.17, 15) is 4.79 Å². The van der Waals surface area contributed by atoms with E-state index in [2.05, 4.69) is 39.3 Å². The van der Waals surface area contributed by atoms with Crippen molar-refractivity contribution in [3.8, 4) is 0 Å². The number of nitrogens with zero attached hydrogens (tertiary/aromatic N) is 1. The van der Waals surface area contributed by atoms with E-state index in [0.29, 0.717) is 11.8 Å². The lowest BCUT2D eigenvalue weighted by atomic mass is 9.93. The van der Waals surface area contributed by atoms with Gasteiger partial charge in [0.25, 0.3) is 0 Å². The summed E-state index contributed by atoms with van der Waals surface area (Å²) in [7, 11) is 2.16. The minimum atomic E-state index is 0.432. The first kappa shape index (κ1) is 12.3. The van der Waals surface area contributed by atoms with E-state index in [1.165, 1.54) is 9.35 Å². The van der Waals surface area contributed by atoms with Crippen molar-refractivity contribution in [2.24, 2.45) is 0 Å². The number of ketones is 1. The van der Waals surface area contributed by atoms with Gasteiger partial charge in [-0.15, -0.1) is 11.3 Å². The maximum Gasteiger partial charge on any atom is 0.133 e. The fourth-order valence-electron chi connectivity index (χ4n) is 2.16. The van der Waals surface area contributed by atoms with Crippen LogP contribution in [0.15, 0.2) is 15.9 Å². The molecule has 1 fully saturated rings. The Morgan fingerprint density at radius 1 is 1.50 bits per heavy atom. The lowest BCUT2D eigenvalue weighted by Gasteiger charge is -2.30. The van der Waals surface area contributed by atoms with Crippen molar-refractivity contribution in [1.82, 2.24) is 4.90 Å². The standard InChI is InChI=1S/C12H16BrNOS/c1-14(8-12-11(13)6-7-16-12)9-2-4-10(15)5-3-9/h6-7,9H,2-5,8H2,1H3. The molecule has 1 aliphatic rings. The lowest BCUT2D eigenvalue weighted by Crippen LogP contribution is -2.34. The molecule has 0 N–H and O–H groups in total. The van der Waals surface area contributed by atoms with Crippen molar-refractivity contribution in [3.63, 3.8) is 0 Å². The van der Waals surface area contributed by atoms with Gasteiger partial charge in [-0.05, 0) is 47.3 Å². The average Bonchev–Trinajstić information content (AvgIpc) is 2.65. The predicted molar refractivity (Wildman–Crippen MR) is 70.7 cm³/mol. The van der Waals surface area contributed by atoms with Crippen molar-refractivity contribution in [1.29, 1.82) is 0 Å². The summed E-state index contributed by atoms with van der Waals surface area (Å²) in [6.07, 6.45) is 3.58. The van der Waals surface area contributed by atoms with E-state index in [1.54, 1.807) is 11.3 Å². The second-order valence-corrected chi connectivity index (χ2v) is 6.23. The molecule has 1 saturated carbocycles. The Labute approximate surface area is 109 Å². The summed E-state index contributed by atoms with van der Waals surface area (Å²) in [5.74, 6) is 0.432. The summed E-state index contributed by atoms with van der Waals surface area (Å²) in [5.41, 5.74) is 0. The molecule has 0 aromatic carbocycles. The molecular formula is C12H16BrNOS. The SMILES string of the molecule is CN(Cc1sccc1Br)C1CCC(=O)CC1. The van der Waals surface area contributed by atoms with Gasteiger partial charge in [0.2, 0.25) is 0 Å². The van der Waals surface area contributed by atoms with Gasteiger partial charge >= 0.3 is 0 Å². The fraction of sp³-hybridized carbons (Fsp3) is 0.583. The first-order valence-electron chi connectivity index (χ1n) is 5.60. The quantitative estimate of drug-likeness (QED) is 0.852. The van der Waals surface area contributed by atoms with Crippen LogP contribution in [-0.2, 0) is 11.3 Å². The number of hydrogen-bond donors (Lipinski definition) is 0. The van der Waals surface area contributed by atoms with Crippen LogP contribution in [-0.4, -0.2) is 23.8 Å². The van der Waals surface area contributed by atoms with E-state index in [1.807, 2.05) is 0 Å². The predicted octanol–water partition coefficient (Wildman–Crippen LogP) is 3.45. The van der Waals surface area contributed by atoms with E-state index < -0.39 is 0 Å². The Kier molecular flexibility index (Phi) is 4.16. The Balaban J connectivity index is 1.91. The third kappa shape index (κ3) is 2.93. The van der Waals surface area contributed by atoms with Gasteiger partial charge in [0.1, 0.15) is 5.78 Å².